The highest BCUT2D eigenvalue weighted by molar-refractivity contribution is 5.92. The molecule has 0 saturated carbocycles. The highest BCUT2D eigenvalue weighted by Gasteiger charge is 2.19. The maximum Gasteiger partial charge on any atom is 0.255 e. The summed E-state index contributed by atoms with van der Waals surface area (Å²) >= 11 is 0. The summed E-state index contributed by atoms with van der Waals surface area (Å²) in [6.45, 7) is 3.63. The molecule has 0 fully saturated rings. The van der Waals surface area contributed by atoms with Crippen LogP contribution in [-0.2, 0) is 11.2 Å². The van der Waals surface area contributed by atoms with Crippen molar-refractivity contribution in [2.75, 3.05) is 14.2 Å². The van der Waals surface area contributed by atoms with Crippen LogP contribution in [-0.4, -0.2) is 25.0 Å². The Morgan fingerprint density at radius 3 is 2.52 bits per heavy atom. The number of H-pyrrole nitrogens is 1. The summed E-state index contributed by atoms with van der Waals surface area (Å²) in [5.74, 6) is 0.863. The van der Waals surface area contributed by atoms with Gasteiger partial charge >= 0.3 is 0 Å². The van der Waals surface area contributed by atoms with Gasteiger partial charge in [0.2, 0.25) is 0 Å². The number of aromatic nitrogens is 1. The molecule has 0 unspecified atom stereocenters. The van der Waals surface area contributed by atoms with E-state index in [1.165, 1.54) is 14.2 Å². The lowest BCUT2D eigenvalue weighted by Gasteiger charge is -2.13. The molecule has 0 spiro atoms. The van der Waals surface area contributed by atoms with Crippen LogP contribution in [0.15, 0.2) is 23.0 Å². The van der Waals surface area contributed by atoms with Gasteiger partial charge in [-0.2, -0.15) is 0 Å². The summed E-state index contributed by atoms with van der Waals surface area (Å²) in [5, 5.41) is 0.725. The predicted molar refractivity (Wildman–Crippen MR) is 81.2 cm³/mol. The molecule has 0 amide bonds. The minimum atomic E-state index is -0.321. The number of hydrogen-bond acceptors (Lipinski definition) is 4. The van der Waals surface area contributed by atoms with Crippen LogP contribution >= 0.6 is 0 Å². The Morgan fingerprint density at radius 1 is 1.24 bits per heavy atom. The Morgan fingerprint density at radius 2 is 1.95 bits per heavy atom. The maximum absolute atomic E-state index is 12.3. The fourth-order valence-electron chi connectivity index (χ4n) is 2.25. The van der Waals surface area contributed by atoms with Gasteiger partial charge in [0.1, 0.15) is 17.3 Å². The first kappa shape index (κ1) is 15.1. The quantitative estimate of drug-likeness (QED) is 0.917. The molecule has 1 heterocycles. The van der Waals surface area contributed by atoms with Crippen LogP contribution in [0.3, 0.4) is 0 Å². The molecule has 0 bridgehead atoms. The molecular weight excluding hydrogens is 270 g/mol. The monoisotopic (exact) mass is 289 g/mol. The number of hydrogen-bond donors (Lipinski definition) is 1. The van der Waals surface area contributed by atoms with Gasteiger partial charge in [0.15, 0.2) is 0 Å². The van der Waals surface area contributed by atoms with E-state index in [-0.39, 0.29) is 23.7 Å². The van der Waals surface area contributed by atoms with Crippen molar-refractivity contribution in [3.8, 4) is 11.5 Å². The first-order valence-electron chi connectivity index (χ1n) is 6.78. The molecule has 2 rings (SSSR count). The number of Topliss-reactive ketones (excluding diaryl/α,β-unsaturated/α-hetero) is 1. The van der Waals surface area contributed by atoms with Gasteiger partial charge < -0.3 is 14.5 Å². The lowest BCUT2D eigenvalue weighted by Crippen LogP contribution is -2.20. The molecule has 112 valence electrons. The van der Waals surface area contributed by atoms with E-state index in [0.29, 0.717) is 22.6 Å². The maximum atomic E-state index is 12.3. The van der Waals surface area contributed by atoms with Crippen LogP contribution in [0, 0.1) is 5.92 Å². The number of nitrogens with one attached hydrogen (secondary N) is 1. The van der Waals surface area contributed by atoms with E-state index in [4.69, 9.17) is 9.47 Å². The summed E-state index contributed by atoms with van der Waals surface area (Å²) in [6, 6.07) is 5.41. The number of carbonyl (C=O) groups excluding carboxylic acids is 1. The average molecular weight is 289 g/mol. The van der Waals surface area contributed by atoms with Crippen molar-refractivity contribution in [1.29, 1.82) is 0 Å². The highest BCUT2D eigenvalue weighted by atomic mass is 16.5. The molecule has 1 N–H and O–H groups in total. The SMILES string of the molecule is COc1c(CC(=O)C(C)C)c(=O)[nH]c2c(OC)cccc12. The van der Waals surface area contributed by atoms with Crippen molar-refractivity contribution in [3.63, 3.8) is 0 Å². The van der Waals surface area contributed by atoms with Crippen LogP contribution in [0.4, 0.5) is 0 Å². The summed E-state index contributed by atoms with van der Waals surface area (Å²) < 4.78 is 10.6. The Kier molecular flexibility index (Phi) is 4.31. The van der Waals surface area contributed by atoms with Crippen LogP contribution in [0.25, 0.3) is 10.9 Å². The largest absolute Gasteiger partial charge is 0.496 e. The fraction of sp³-hybridized carbons (Fsp3) is 0.375. The Bertz CT molecular complexity index is 731. The average Bonchev–Trinajstić information content (AvgIpc) is 2.47. The Labute approximate surface area is 122 Å². The number of para-hydroxylation sites is 1. The van der Waals surface area contributed by atoms with Crippen molar-refractivity contribution in [1.82, 2.24) is 4.98 Å². The number of methoxy groups -OCH3 is 2. The minimum absolute atomic E-state index is 0.000969. The molecule has 21 heavy (non-hydrogen) atoms. The molecular formula is C16H19NO4. The number of pyridine rings is 1. The number of ketones is 1. The number of rotatable bonds is 5. The fourth-order valence-corrected chi connectivity index (χ4v) is 2.25. The first-order chi connectivity index (χ1) is 9.99. The third kappa shape index (κ3) is 2.77. The molecule has 0 atom stereocenters. The number of fused-ring (bicyclic) bond motifs is 1. The van der Waals surface area contributed by atoms with Gasteiger partial charge in [-0.05, 0) is 12.1 Å². The molecule has 1 aromatic carbocycles. The molecule has 0 saturated heterocycles. The van der Waals surface area contributed by atoms with Crippen LogP contribution in [0.2, 0.25) is 0 Å². The Balaban J connectivity index is 2.70. The summed E-state index contributed by atoms with van der Waals surface area (Å²) in [5.41, 5.74) is 0.609. The number of carbonyl (C=O) groups is 1. The normalized spacial score (nSPS) is 10.9. The van der Waals surface area contributed by atoms with Crippen LogP contribution in [0.1, 0.15) is 19.4 Å². The van der Waals surface area contributed by atoms with Gasteiger partial charge in [0.05, 0.1) is 25.3 Å². The zero-order valence-electron chi connectivity index (χ0n) is 12.6. The predicted octanol–water partition coefficient (Wildman–Crippen LogP) is 2.31. The van der Waals surface area contributed by atoms with Gasteiger partial charge in [-0.3, -0.25) is 9.59 Å². The van der Waals surface area contributed by atoms with Gasteiger partial charge in [-0.1, -0.05) is 19.9 Å². The van der Waals surface area contributed by atoms with Gasteiger partial charge in [-0.15, -0.1) is 0 Å². The van der Waals surface area contributed by atoms with E-state index in [2.05, 4.69) is 4.98 Å². The summed E-state index contributed by atoms with van der Waals surface area (Å²) in [7, 11) is 3.03. The molecule has 0 radical (unpaired) electrons. The molecule has 1 aromatic heterocycles. The number of aromatic amines is 1. The summed E-state index contributed by atoms with van der Waals surface area (Å²) in [6.07, 6.45) is 0.0589. The topological polar surface area (TPSA) is 68.4 Å². The van der Waals surface area contributed by atoms with E-state index >= 15 is 0 Å². The van der Waals surface area contributed by atoms with E-state index < -0.39 is 0 Å². The van der Waals surface area contributed by atoms with Crippen molar-refractivity contribution < 1.29 is 14.3 Å². The number of benzene rings is 1. The van der Waals surface area contributed by atoms with Gasteiger partial charge in [0.25, 0.3) is 5.56 Å². The second-order valence-corrected chi connectivity index (χ2v) is 5.15. The highest BCUT2D eigenvalue weighted by Crippen LogP contribution is 2.31. The third-order valence-electron chi connectivity index (χ3n) is 3.48. The molecule has 2 aromatic rings. The van der Waals surface area contributed by atoms with Crippen molar-refractivity contribution in [3.05, 3.63) is 34.1 Å². The Hall–Kier alpha value is -2.30. The first-order valence-corrected chi connectivity index (χ1v) is 6.78. The molecule has 0 aliphatic heterocycles. The lowest BCUT2D eigenvalue weighted by atomic mass is 10.00. The van der Waals surface area contributed by atoms with Gasteiger partial charge in [0, 0.05) is 17.7 Å². The van der Waals surface area contributed by atoms with Crippen molar-refractivity contribution in [2.24, 2.45) is 5.92 Å². The van der Waals surface area contributed by atoms with Crippen molar-refractivity contribution in [2.45, 2.75) is 20.3 Å². The van der Waals surface area contributed by atoms with Gasteiger partial charge in [-0.25, -0.2) is 0 Å². The van der Waals surface area contributed by atoms with E-state index in [1.807, 2.05) is 26.0 Å². The summed E-state index contributed by atoms with van der Waals surface area (Å²) in [4.78, 5) is 27.0. The molecule has 0 aliphatic carbocycles. The zero-order chi connectivity index (χ0) is 15.6. The second kappa shape index (κ2) is 5.99. The van der Waals surface area contributed by atoms with E-state index in [0.717, 1.165) is 5.39 Å². The van der Waals surface area contributed by atoms with E-state index in [9.17, 15) is 9.59 Å². The molecule has 5 heteroatoms. The zero-order valence-corrected chi connectivity index (χ0v) is 12.6. The van der Waals surface area contributed by atoms with Crippen LogP contribution in [0.5, 0.6) is 11.5 Å². The standard InChI is InChI=1S/C16H19NO4/c1-9(2)12(18)8-11-15(21-4)10-6-5-7-13(20-3)14(10)17-16(11)19/h5-7,9H,8H2,1-4H3,(H,17,19). The smallest absolute Gasteiger partial charge is 0.255 e. The van der Waals surface area contributed by atoms with E-state index in [1.54, 1.807) is 6.07 Å². The van der Waals surface area contributed by atoms with Crippen molar-refractivity contribution >= 4 is 16.7 Å². The molecule has 0 aliphatic rings. The second-order valence-electron chi connectivity index (χ2n) is 5.15. The number of ether oxygens (including phenoxy) is 2. The minimum Gasteiger partial charge on any atom is -0.496 e. The lowest BCUT2D eigenvalue weighted by molar-refractivity contribution is -0.121. The third-order valence-corrected chi connectivity index (χ3v) is 3.48. The molecule has 5 nitrogen and oxygen atoms in total. The van der Waals surface area contributed by atoms with Crippen LogP contribution < -0.4 is 15.0 Å².